The minimum atomic E-state index is -0.651. The molecule has 0 aliphatic heterocycles. The number of carbonyl (C=O) groups excluding carboxylic acids is 2. The maximum atomic E-state index is 11.8. The van der Waals surface area contributed by atoms with Gasteiger partial charge in [0.05, 0.1) is 6.20 Å². The summed E-state index contributed by atoms with van der Waals surface area (Å²) in [6, 6.07) is 9.47. The van der Waals surface area contributed by atoms with Gasteiger partial charge in [-0.25, -0.2) is 9.78 Å². The zero-order valence-corrected chi connectivity index (χ0v) is 11.2. The zero-order valence-electron chi connectivity index (χ0n) is 10.4. The van der Waals surface area contributed by atoms with E-state index in [4.69, 9.17) is 22.1 Å². The van der Waals surface area contributed by atoms with Gasteiger partial charge in [-0.15, -0.1) is 0 Å². The Hall–Kier alpha value is -2.40. The second kappa shape index (κ2) is 6.16. The lowest BCUT2D eigenvalue weighted by molar-refractivity contribution is -0.360. The Morgan fingerprint density at radius 1 is 1.20 bits per heavy atom. The predicted molar refractivity (Wildman–Crippen MR) is 73.5 cm³/mol. The van der Waals surface area contributed by atoms with E-state index in [0.29, 0.717) is 10.6 Å². The fraction of sp³-hybridized carbons (Fsp3) is 0.0714. The second-order valence-corrected chi connectivity index (χ2v) is 4.44. The minimum Gasteiger partial charge on any atom is -0.453 e. The molecule has 2 aromatic rings. The molecule has 0 saturated carbocycles. The van der Waals surface area contributed by atoms with Gasteiger partial charge in [-0.1, -0.05) is 11.6 Å². The molecule has 1 heterocycles. The number of ether oxygens (including phenoxy) is 1. The first kappa shape index (κ1) is 14.0. The molecule has 0 spiro atoms. The molecule has 3 N–H and O–H groups in total. The summed E-state index contributed by atoms with van der Waals surface area (Å²) in [6.45, 7) is -0.352. The number of esters is 1. The number of ketones is 1. The van der Waals surface area contributed by atoms with Gasteiger partial charge in [-0.3, -0.25) is 10.5 Å². The number of anilines is 1. The molecule has 102 valence electrons. The molecule has 5 nitrogen and oxygen atoms in total. The van der Waals surface area contributed by atoms with Crippen LogP contribution in [0.4, 0.5) is 5.82 Å². The molecule has 0 atom stereocenters. The lowest BCUT2D eigenvalue weighted by atomic mass is 10.1. The first-order chi connectivity index (χ1) is 9.58. The minimum absolute atomic E-state index is 0.191. The molecular formula is C14H12ClN2O3+. The average molecular weight is 292 g/mol. The Balaban J connectivity index is 1.99. The molecule has 0 aliphatic carbocycles. The lowest BCUT2D eigenvalue weighted by Gasteiger charge is -2.04. The second-order valence-electron chi connectivity index (χ2n) is 4.00. The summed E-state index contributed by atoms with van der Waals surface area (Å²) < 4.78 is 4.93. The van der Waals surface area contributed by atoms with Gasteiger partial charge < -0.3 is 4.74 Å². The molecule has 2 rings (SSSR count). The van der Waals surface area contributed by atoms with Crippen LogP contribution in [0.5, 0.6) is 0 Å². The van der Waals surface area contributed by atoms with Crippen LogP contribution in [0.25, 0.3) is 0 Å². The van der Waals surface area contributed by atoms with Gasteiger partial charge in [0.1, 0.15) is 5.56 Å². The van der Waals surface area contributed by atoms with Crippen LogP contribution >= 0.6 is 11.6 Å². The summed E-state index contributed by atoms with van der Waals surface area (Å²) >= 11 is 5.73. The third kappa shape index (κ3) is 3.33. The normalized spacial score (nSPS) is 10.1. The van der Waals surface area contributed by atoms with Crippen molar-refractivity contribution in [2.24, 2.45) is 0 Å². The monoisotopic (exact) mass is 291 g/mol. The van der Waals surface area contributed by atoms with Crippen molar-refractivity contribution in [1.82, 2.24) is 0 Å². The number of benzene rings is 1. The van der Waals surface area contributed by atoms with Crippen molar-refractivity contribution >= 4 is 29.2 Å². The van der Waals surface area contributed by atoms with E-state index >= 15 is 0 Å². The Bertz CT molecular complexity index is 641. The van der Waals surface area contributed by atoms with Crippen LogP contribution < -0.4 is 10.7 Å². The van der Waals surface area contributed by atoms with Crippen LogP contribution in [0, 0.1) is 0 Å². The lowest BCUT2D eigenvalue weighted by Crippen LogP contribution is -2.19. The molecule has 0 aliphatic rings. The van der Waals surface area contributed by atoms with E-state index in [9.17, 15) is 9.59 Å². The number of carbonyl (C=O) groups is 2. The van der Waals surface area contributed by atoms with E-state index in [2.05, 4.69) is 4.98 Å². The summed E-state index contributed by atoms with van der Waals surface area (Å²) in [4.78, 5) is 26.3. The van der Waals surface area contributed by atoms with Gasteiger partial charge in [0, 0.05) is 10.6 Å². The summed E-state index contributed by atoms with van der Waals surface area (Å²) in [5.74, 6) is -0.772. The number of H-pyrrole nitrogens is 1. The number of Topliss-reactive ketones (excluding diaryl/α,β-unsaturated/α-hetero) is 1. The van der Waals surface area contributed by atoms with E-state index in [1.807, 2.05) is 0 Å². The van der Waals surface area contributed by atoms with Crippen molar-refractivity contribution in [1.29, 1.82) is 0 Å². The SMILES string of the molecule is Nc1[nH+]cccc1C(=O)OCC(=O)c1ccc(Cl)cc1. The highest BCUT2D eigenvalue weighted by Gasteiger charge is 2.17. The van der Waals surface area contributed by atoms with E-state index in [0.717, 1.165) is 0 Å². The number of halogens is 1. The van der Waals surface area contributed by atoms with Gasteiger partial charge in [0.2, 0.25) is 0 Å². The van der Waals surface area contributed by atoms with E-state index in [-0.39, 0.29) is 23.8 Å². The molecule has 0 bridgehead atoms. The van der Waals surface area contributed by atoms with Gasteiger partial charge in [0.25, 0.3) is 5.82 Å². The number of hydrogen-bond donors (Lipinski definition) is 1. The quantitative estimate of drug-likeness (QED) is 0.687. The molecule has 1 aromatic carbocycles. The van der Waals surface area contributed by atoms with E-state index in [1.165, 1.54) is 6.07 Å². The Morgan fingerprint density at radius 2 is 1.90 bits per heavy atom. The number of nitrogens with one attached hydrogen (secondary N) is 1. The molecule has 20 heavy (non-hydrogen) atoms. The number of pyridine rings is 1. The smallest absolute Gasteiger partial charge is 0.346 e. The first-order valence-corrected chi connectivity index (χ1v) is 6.18. The molecule has 0 fully saturated rings. The molecular weight excluding hydrogens is 280 g/mol. The van der Waals surface area contributed by atoms with Crippen LogP contribution in [-0.2, 0) is 4.74 Å². The van der Waals surface area contributed by atoms with Crippen LogP contribution in [0.2, 0.25) is 5.02 Å². The van der Waals surface area contributed by atoms with Gasteiger partial charge in [-0.2, -0.15) is 0 Å². The molecule has 1 aromatic heterocycles. The van der Waals surface area contributed by atoms with E-state index < -0.39 is 5.97 Å². The van der Waals surface area contributed by atoms with Crippen LogP contribution in [0.15, 0.2) is 42.6 Å². The highest BCUT2D eigenvalue weighted by atomic mass is 35.5. The maximum Gasteiger partial charge on any atom is 0.346 e. The van der Waals surface area contributed by atoms with Crippen molar-refractivity contribution in [3.63, 3.8) is 0 Å². The summed E-state index contributed by atoms with van der Waals surface area (Å²) in [7, 11) is 0. The largest absolute Gasteiger partial charge is 0.453 e. The molecule has 6 heteroatoms. The van der Waals surface area contributed by atoms with Crippen LogP contribution in [0.1, 0.15) is 20.7 Å². The van der Waals surface area contributed by atoms with E-state index in [1.54, 1.807) is 36.5 Å². The summed E-state index contributed by atoms with van der Waals surface area (Å²) in [5, 5.41) is 0.533. The number of rotatable bonds is 4. The zero-order chi connectivity index (χ0) is 14.5. The number of hydrogen-bond acceptors (Lipinski definition) is 4. The maximum absolute atomic E-state index is 11.8. The number of nitrogens with two attached hydrogens (primary N) is 1. The topological polar surface area (TPSA) is 83.5 Å². The van der Waals surface area contributed by atoms with Gasteiger partial charge in [-0.05, 0) is 36.4 Å². The van der Waals surface area contributed by atoms with Crippen molar-refractivity contribution in [3.8, 4) is 0 Å². The average Bonchev–Trinajstić information content (AvgIpc) is 2.45. The van der Waals surface area contributed by atoms with Crippen molar-refractivity contribution in [3.05, 3.63) is 58.7 Å². The summed E-state index contributed by atoms with van der Waals surface area (Å²) in [6.07, 6.45) is 1.59. The highest BCUT2D eigenvalue weighted by molar-refractivity contribution is 6.30. The number of aromatic amines is 1. The fourth-order valence-electron chi connectivity index (χ4n) is 1.56. The molecule has 0 amide bonds. The Morgan fingerprint density at radius 3 is 2.55 bits per heavy atom. The van der Waals surface area contributed by atoms with Crippen molar-refractivity contribution in [2.45, 2.75) is 0 Å². The van der Waals surface area contributed by atoms with Crippen molar-refractivity contribution < 1.29 is 19.3 Å². The summed E-state index contributed by atoms with van der Waals surface area (Å²) in [5.41, 5.74) is 6.22. The third-order valence-electron chi connectivity index (χ3n) is 2.61. The first-order valence-electron chi connectivity index (χ1n) is 5.80. The van der Waals surface area contributed by atoms with Crippen LogP contribution in [0.3, 0.4) is 0 Å². The Kier molecular flexibility index (Phi) is 4.32. The third-order valence-corrected chi connectivity index (χ3v) is 2.86. The molecule has 0 saturated heterocycles. The highest BCUT2D eigenvalue weighted by Crippen LogP contribution is 2.11. The predicted octanol–water partition coefficient (Wildman–Crippen LogP) is 1.78. The Labute approximate surface area is 120 Å². The van der Waals surface area contributed by atoms with Crippen LogP contribution in [-0.4, -0.2) is 18.4 Å². The van der Waals surface area contributed by atoms with Gasteiger partial charge >= 0.3 is 5.97 Å². The molecule has 0 radical (unpaired) electrons. The molecule has 0 unspecified atom stereocenters. The van der Waals surface area contributed by atoms with Gasteiger partial charge in [0.15, 0.2) is 12.4 Å². The fourth-order valence-corrected chi connectivity index (χ4v) is 1.68. The standard InChI is InChI=1S/C14H11ClN2O3/c15-10-5-3-9(4-6-10)12(18)8-20-14(19)11-2-1-7-17-13(11)16/h1-7H,8H2,(H2,16,17)/p+1. The number of aromatic nitrogens is 1. The number of nitrogen functional groups attached to an aromatic ring is 1. The van der Waals surface area contributed by atoms with Crippen molar-refractivity contribution in [2.75, 3.05) is 12.3 Å².